The summed E-state index contributed by atoms with van der Waals surface area (Å²) in [6, 6.07) is 0. The Labute approximate surface area is 54.4 Å². The molecule has 0 bridgehead atoms. The summed E-state index contributed by atoms with van der Waals surface area (Å²) in [7, 11) is 0. The van der Waals surface area contributed by atoms with Gasteiger partial charge in [0, 0.05) is 0 Å². The molecule has 0 aliphatic carbocycles. The quantitative estimate of drug-likeness (QED) is 0.426. The Morgan fingerprint density at radius 3 is 2.75 bits per heavy atom. The van der Waals surface area contributed by atoms with Crippen molar-refractivity contribution in [3.8, 4) is 0 Å². The Morgan fingerprint density at radius 2 is 2.38 bits per heavy atom. The monoisotopic (exact) mass is 137 g/mol. The van der Waals surface area contributed by atoms with Crippen LogP contribution < -0.4 is 0 Å². The minimum absolute atomic E-state index is 0.0798. The summed E-state index contributed by atoms with van der Waals surface area (Å²) in [5, 5.41) is 9.79. The van der Waals surface area contributed by atoms with E-state index in [1.807, 2.05) is 0 Å². The van der Waals surface area contributed by atoms with Gasteiger partial charge in [-0.3, -0.25) is 0 Å². The van der Waals surface area contributed by atoms with Crippen molar-refractivity contribution < 1.29 is 9.84 Å². The number of ether oxygens (including phenoxy) is 1. The van der Waals surface area contributed by atoms with Gasteiger partial charge in [0.1, 0.15) is 5.56 Å². The molecule has 0 aliphatic rings. The van der Waals surface area contributed by atoms with Crippen LogP contribution in [-0.2, 0) is 9.84 Å². The summed E-state index contributed by atoms with van der Waals surface area (Å²) in [5.41, 5.74) is -0.262. The lowest BCUT2D eigenvalue weighted by molar-refractivity contribution is 0.0885. The average Bonchev–Trinajstić information content (AvgIpc) is 1.66. The molecule has 8 heavy (non-hydrogen) atoms. The maximum absolute atomic E-state index is 9.79. The Morgan fingerprint density at radius 1 is 1.75 bits per heavy atom. The predicted octanol–water partition coefficient (Wildman–Crippen LogP) is 1.41. The zero-order valence-corrected chi connectivity index (χ0v) is 5.65. The van der Waals surface area contributed by atoms with Crippen molar-refractivity contribution in [3.63, 3.8) is 0 Å². The number of alkyl halides is 1. The van der Waals surface area contributed by atoms with E-state index in [4.69, 9.17) is 16.3 Å². The third kappa shape index (κ3) is 6.21. The molecule has 0 spiro atoms. The van der Waals surface area contributed by atoms with E-state index in [1.54, 1.807) is 6.92 Å². The maximum atomic E-state index is 9.79. The van der Waals surface area contributed by atoms with Crippen molar-refractivity contribution in [2.24, 2.45) is 0 Å². The highest BCUT2D eigenvalue weighted by atomic mass is 35.5. The van der Waals surface area contributed by atoms with E-state index in [0.717, 1.165) is 0 Å². The molecule has 0 aliphatic heterocycles. The number of hydrogen-bond acceptors (Lipinski definition) is 1. The van der Waals surface area contributed by atoms with Crippen molar-refractivity contribution in [1.29, 1.82) is 0 Å². The highest BCUT2D eigenvalue weighted by Crippen LogP contribution is 1.95. The summed E-state index contributed by atoms with van der Waals surface area (Å²) in [6.45, 7) is 2.13. The zero-order valence-electron chi connectivity index (χ0n) is 4.89. The molecule has 49 valence electrons. The third-order valence-electron chi connectivity index (χ3n) is 0.636. The van der Waals surface area contributed by atoms with E-state index in [0.29, 0.717) is 13.0 Å². The number of halogens is 1. The molecule has 1 atom stereocenters. The average molecular weight is 138 g/mol. The van der Waals surface area contributed by atoms with Gasteiger partial charge in [0.25, 0.3) is 0 Å². The summed E-state index contributed by atoms with van der Waals surface area (Å²) < 4.78 is 4.85. The standard InChI is InChI=1S/C5H10ClO2/c1-5(6)8-4-2-3-7/h5H,2-4H2,1H3. The molecular weight excluding hydrogens is 128 g/mol. The van der Waals surface area contributed by atoms with Gasteiger partial charge < -0.3 is 4.74 Å². The van der Waals surface area contributed by atoms with E-state index < -0.39 is 0 Å². The van der Waals surface area contributed by atoms with Crippen molar-refractivity contribution in [1.82, 2.24) is 0 Å². The van der Waals surface area contributed by atoms with Crippen molar-refractivity contribution in [3.05, 3.63) is 0 Å². The first-order chi connectivity index (χ1) is 3.77. The molecule has 2 nitrogen and oxygen atoms in total. The lowest BCUT2D eigenvalue weighted by Crippen LogP contribution is -2.01. The highest BCUT2D eigenvalue weighted by Gasteiger charge is 1.92. The lowest BCUT2D eigenvalue weighted by Gasteiger charge is -2.01. The Kier molecular flexibility index (Phi) is 5.49. The molecule has 1 radical (unpaired) electrons. The fraction of sp³-hybridized carbons (Fsp3) is 1.00. The van der Waals surface area contributed by atoms with Crippen molar-refractivity contribution in [2.45, 2.75) is 18.9 Å². The van der Waals surface area contributed by atoms with Crippen LogP contribution in [-0.4, -0.2) is 18.8 Å². The van der Waals surface area contributed by atoms with E-state index in [2.05, 4.69) is 0 Å². The molecule has 0 aromatic rings. The molecular formula is C5H10ClO2. The molecule has 0 fully saturated rings. The topological polar surface area (TPSA) is 29.1 Å². The Hall–Kier alpha value is 0.210. The molecule has 0 amide bonds. The van der Waals surface area contributed by atoms with Crippen molar-refractivity contribution in [2.75, 3.05) is 13.2 Å². The minimum atomic E-state index is -0.262. The molecule has 0 aromatic carbocycles. The van der Waals surface area contributed by atoms with Crippen LogP contribution in [0.15, 0.2) is 0 Å². The molecule has 0 saturated carbocycles. The second kappa shape index (κ2) is 5.35. The van der Waals surface area contributed by atoms with Crippen LogP contribution in [0.5, 0.6) is 0 Å². The van der Waals surface area contributed by atoms with Gasteiger partial charge in [0.2, 0.25) is 0 Å². The van der Waals surface area contributed by atoms with E-state index in [1.165, 1.54) is 0 Å². The molecule has 3 heteroatoms. The lowest BCUT2D eigenvalue weighted by atomic mass is 10.5. The van der Waals surface area contributed by atoms with E-state index in [-0.39, 0.29) is 12.2 Å². The van der Waals surface area contributed by atoms with Gasteiger partial charge in [-0.2, -0.15) is 0 Å². The van der Waals surface area contributed by atoms with Crippen LogP contribution in [0.1, 0.15) is 13.3 Å². The van der Waals surface area contributed by atoms with Crippen LogP contribution in [0.2, 0.25) is 0 Å². The Balaban J connectivity index is 2.72. The largest absolute Gasteiger partial charge is 0.363 e. The first kappa shape index (κ1) is 8.21. The first-order valence-electron chi connectivity index (χ1n) is 2.61. The molecule has 0 heterocycles. The second-order valence-electron chi connectivity index (χ2n) is 1.47. The van der Waals surface area contributed by atoms with Crippen molar-refractivity contribution >= 4 is 11.6 Å². The highest BCUT2D eigenvalue weighted by molar-refractivity contribution is 6.19. The van der Waals surface area contributed by atoms with Gasteiger partial charge in [-0.25, -0.2) is 5.11 Å². The van der Waals surface area contributed by atoms with Gasteiger partial charge >= 0.3 is 0 Å². The molecule has 0 saturated heterocycles. The zero-order chi connectivity index (χ0) is 6.41. The first-order valence-corrected chi connectivity index (χ1v) is 3.05. The van der Waals surface area contributed by atoms with Gasteiger partial charge in [-0.1, -0.05) is 11.6 Å². The van der Waals surface area contributed by atoms with Crippen LogP contribution >= 0.6 is 11.6 Å². The normalized spacial score (nSPS) is 13.9. The van der Waals surface area contributed by atoms with Crippen LogP contribution in [0.4, 0.5) is 0 Å². The molecule has 0 aromatic heterocycles. The molecule has 0 rings (SSSR count). The number of hydrogen-bond donors (Lipinski definition) is 0. The van der Waals surface area contributed by atoms with Crippen LogP contribution in [0, 0.1) is 0 Å². The molecule has 1 unspecified atom stereocenters. The SMILES string of the molecule is CC(Cl)OCCC[O]. The van der Waals surface area contributed by atoms with Gasteiger partial charge in [0.05, 0.1) is 13.2 Å². The van der Waals surface area contributed by atoms with Gasteiger partial charge in [0.15, 0.2) is 0 Å². The van der Waals surface area contributed by atoms with E-state index in [9.17, 15) is 5.11 Å². The minimum Gasteiger partial charge on any atom is -0.363 e. The summed E-state index contributed by atoms with van der Waals surface area (Å²) in [5.74, 6) is 0. The van der Waals surface area contributed by atoms with Gasteiger partial charge in [-0.15, -0.1) is 0 Å². The fourth-order valence-electron chi connectivity index (χ4n) is 0.305. The smallest absolute Gasteiger partial charge is 0.128 e. The maximum Gasteiger partial charge on any atom is 0.128 e. The predicted molar refractivity (Wildman–Crippen MR) is 31.4 cm³/mol. The molecule has 0 N–H and O–H groups in total. The fourth-order valence-corrected chi connectivity index (χ4v) is 0.394. The summed E-state index contributed by atoms with van der Waals surface area (Å²) >= 11 is 5.39. The van der Waals surface area contributed by atoms with Gasteiger partial charge in [-0.05, 0) is 13.3 Å². The Bertz CT molecular complexity index is 47.7. The van der Waals surface area contributed by atoms with Crippen LogP contribution in [0.3, 0.4) is 0 Å². The second-order valence-corrected chi connectivity index (χ2v) is 2.09. The third-order valence-corrected chi connectivity index (χ3v) is 0.762. The summed E-state index contributed by atoms with van der Waals surface area (Å²) in [6.07, 6.45) is 0.553. The number of rotatable bonds is 4. The van der Waals surface area contributed by atoms with E-state index >= 15 is 0 Å². The van der Waals surface area contributed by atoms with Crippen LogP contribution in [0.25, 0.3) is 0 Å². The summed E-state index contributed by atoms with van der Waals surface area (Å²) in [4.78, 5) is 0.